The monoisotopic (exact) mass is 453 g/mol. The van der Waals surface area contributed by atoms with Gasteiger partial charge in [0, 0.05) is 37.6 Å². The molecule has 31 heavy (non-hydrogen) atoms. The minimum Gasteiger partial charge on any atom is -0.495 e. The SMILES string of the molecule is COc1ccccc1N1CCN(C(=O)COc2cc3sc(C)nc3c3sccc23)CC1. The van der Waals surface area contributed by atoms with E-state index in [-0.39, 0.29) is 12.5 Å². The van der Waals surface area contributed by atoms with E-state index in [1.54, 1.807) is 29.8 Å². The number of thiophene rings is 1. The van der Waals surface area contributed by atoms with Gasteiger partial charge in [0.25, 0.3) is 5.91 Å². The van der Waals surface area contributed by atoms with Crippen molar-refractivity contribution in [1.82, 2.24) is 9.88 Å². The van der Waals surface area contributed by atoms with Crippen molar-refractivity contribution in [3.8, 4) is 11.5 Å². The summed E-state index contributed by atoms with van der Waals surface area (Å²) in [5.41, 5.74) is 2.10. The van der Waals surface area contributed by atoms with Crippen LogP contribution >= 0.6 is 22.7 Å². The molecule has 3 heterocycles. The molecule has 2 aromatic heterocycles. The summed E-state index contributed by atoms with van der Waals surface area (Å²) in [6, 6.07) is 12.1. The Morgan fingerprint density at radius 1 is 1.13 bits per heavy atom. The molecule has 1 aliphatic heterocycles. The molecule has 0 spiro atoms. The summed E-state index contributed by atoms with van der Waals surface area (Å²) >= 11 is 3.31. The predicted molar refractivity (Wildman–Crippen MR) is 127 cm³/mol. The fourth-order valence-corrected chi connectivity index (χ4v) is 5.86. The number of carbonyl (C=O) groups is 1. The van der Waals surface area contributed by atoms with Crippen molar-refractivity contribution in [2.75, 3.05) is 44.8 Å². The van der Waals surface area contributed by atoms with Crippen LogP contribution in [0.1, 0.15) is 5.01 Å². The molecule has 1 saturated heterocycles. The summed E-state index contributed by atoms with van der Waals surface area (Å²) in [6.45, 7) is 4.93. The number of hydrogen-bond acceptors (Lipinski definition) is 7. The van der Waals surface area contributed by atoms with Gasteiger partial charge in [-0.05, 0) is 30.5 Å². The number of amides is 1. The van der Waals surface area contributed by atoms with E-state index in [1.165, 1.54) is 0 Å². The lowest BCUT2D eigenvalue weighted by atomic mass is 10.2. The van der Waals surface area contributed by atoms with Gasteiger partial charge in [-0.15, -0.1) is 22.7 Å². The summed E-state index contributed by atoms with van der Waals surface area (Å²) in [7, 11) is 1.69. The van der Waals surface area contributed by atoms with E-state index in [2.05, 4.69) is 16.0 Å². The molecular formula is C23H23N3O3S2. The smallest absolute Gasteiger partial charge is 0.260 e. The van der Waals surface area contributed by atoms with Crippen molar-refractivity contribution in [2.24, 2.45) is 0 Å². The van der Waals surface area contributed by atoms with Gasteiger partial charge in [0.05, 0.1) is 32.7 Å². The number of fused-ring (bicyclic) bond motifs is 3. The van der Waals surface area contributed by atoms with Crippen LogP contribution in [0.25, 0.3) is 20.3 Å². The maximum absolute atomic E-state index is 12.8. The maximum atomic E-state index is 12.8. The highest BCUT2D eigenvalue weighted by atomic mass is 32.1. The number of aromatic nitrogens is 1. The topological polar surface area (TPSA) is 54.9 Å². The second kappa shape index (κ2) is 8.36. The van der Waals surface area contributed by atoms with Crippen molar-refractivity contribution in [1.29, 1.82) is 0 Å². The Kier molecular flexibility index (Phi) is 5.41. The Labute approximate surface area is 188 Å². The number of hydrogen-bond donors (Lipinski definition) is 0. The maximum Gasteiger partial charge on any atom is 0.260 e. The highest BCUT2D eigenvalue weighted by Crippen LogP contribution is 2.38. The third-order valence-corrected chi connectivity index (χ3v) is 7.42. The van der Waals surface area contributed by atoms with Crippen LogP contribution in [0.3, 0.4) is 0 Å². The number of anilines is 1. The summed E-state index contributed by atoms with van der Waals surface area (Å²) in [4.78, 5) is 21.6. The van der Waals surface area contributed by atoms with Crippen molar-refractivity contribution >= 4 is 54.6 Å². The Bertz CT molecular complexity index is 1240. The van der Waals surface area contributed by atoms with Gasteiger partial charge >= 0.3 is 0 Å². The first-order valence-electron chi connectivity index (χ1n) is 10.2. The number of aryl methyl sites for hydroxylation is 1. The zero-order chi connectivity index (χ0) is 21.4. The number of thiazole rings is 1. The van der Waals surface area contributed by atoms with Gasteiger partial charge in [0.2, 0.25) is 0 Å². The Morgan fingerprint density at radius 2 is 1.94 bits per heavy atom. The Morgan fingerprint density at radius 3 is 2.74 bits per heavy atom. The minimum atomic E-state index is 0.0173. The van der Waals surface area contributed by atoms with Crippen molar-refractivity contribution in [2.45, 2.75) is 6.92 Å². The molecule has 1 aliphatic rings. The molecule has 0 atom stereocenters. The number of carbonyl (C=O) groups excluding carboxylic acids is 1. The number of rotatable bonds is 5. The third-order valence-electron chi connectivity index (χ3n) is 5.58. The predicted octanol–water partition coefficient (Wildman–Crippen LogP) is 4.56. The lowest BCUT2D eigenvalue weighted by molar-refractivity contribution is -0.133. The van der Waals surface area contributed by atoms with Crippen molar-refractivity contribution in [3.05, 3.63) is 46.8 Å². The van der Waals surface area contributed by atoms with Gasteiger partial charge in [-0.25, -0.2) is 4.98 Å². The van der Waals surface area contributed by atoms with Gasteiger partial charge in [-0.2, -0.15) is 0 Å². The second-order valence-electron chi connectivity index (χ2n) is 7.45. The number of nitrogens with zero attached hydrogens (tertiary/aromatic N) is 3. The van der Waals surface area contributed by atoms with Crippen LogP contribution in [0.15, 0.2) is 41.8 Å². The molecule has 2 aromatic carbocycles. The molecule has 6 nitrogen and oxygen atoms in total. The Balaban J connectivity index is 1.25. The van der Waals surface area contributed by atoms with Gasteiger partial charge in [0.15, 0.2) is 6.61 Å². The van der Waals surface area contributed by atoms with Crippen LogP contribution in [0.2, 0.25) is 0 Å². The van der Waals surface area contributed by atoms with Gasteiger partial charge < -0.3 is 19.3 Å². The van der Waals surface area contributed by atoms with E-state index >= 15 is 0 Å². The van der Waals surface area contributed by atoms with Crippen LogP contribution in [0.5, 0.6) is 11.5 Å². The quantitative estimate of drug-likeness (QED) is 0.444. The summed E-state index contributed by atoms with van der Waals surface area (Å²) in [5, 5.41) is 4.10. The van der Waals surface area contributed by atoms with Crippen LogP contribution in [0, 0.1) is 6.92 Å². The van der Waals surface area contributed by atoms with Gasteiger partial charge in [-0.1, -0.05) is 12.1 Å². The number of methoxy groups -OCH3 is 1. The molecule has 8 heteroatoms. The lowest BCUT2D eigenvalue weighted by Gasteiger charge is -2.36. The molecule has 1 fully saturated rings. The van der Waals surface area contributed by atoms with Crippen LogP contribution in [-0.4, -0.2) is 55.7 Å². The van der Waals surface area contributed by atoms with E-state index in [9.17, 15) is 4.79 Å². The number of para-hydroxylation sites is 2. The van der Waals surface area contributed by atoms with Gasteiger partial charge in [0.1, 0.15) is 11.5 Å². The fourth-order valence-electron chi connectivity index (χ4n) is 4.02. The van der Waals surface area contributed by atoms with E-state index in [4.69, 9.17) is 9.47 Å². The summed E-state index contributed by atoms with van der Waals surface area (Å²) in [5.74, 6) is 1.64. The average Bonchev–Trinajstić information content (AvgIpc) is 3.43. The van der Waals surface area contributed by atoms with Crippen molar-refractivity contribution < 1.29 is 14.3 Å². The standard InChI is InChI=1S/C23H23N3O3S2/c1-15-24-22-20(31-15)13-19(16-7-12-30-23(16)22)29-14-21(27)26-10-8-25(9-11-26)17-5-3-4-6-18(17)28-2/h3-7,12-13H,8-11,14H2,1-2H3. The summed E-state index contributed by atoms with van der Waals surface area (Å²) in [6.07, 6.45) is 0. The summed E-state index contributed by atoms with van der Waals surface area (Å²) < 4.78 is 13.7. The fraction of sp³-hybridized carbons (Fsp3) is 0.304. The molecular weight excluding hydrogens is 430 g/mol. The molecule has 4 aromatic rings. The van der Waals surface area contributed by atoms with Crippen molar-refractivity contribution in [3.63, 3.8) is 0 Å². The largest absolute Gasteiger partial charge is 0.495 e. The highest BCUT2D eigenvalue weighted by molar-refractivity contribution is 7.21. The van der Waals surface area contributed by atoms with E-state index in [1.807, 2.05) is 47.5 Å². The Hall–Kier alpha value is -2.84. The third kappa shape index (κ3) is 3.81. The zero-order valence-electron chi connectivity index (χ0n) is 17.5. The number of benzene rings is 2. The zero-order valence-corrected chi connectivity index (χ0v) is 19.1. The molecule has 0 unspecified atom stereocenters. The molecule has 0 radical (unpaired) electrons. The molecule has 0 aliphatic carbocycles. The van der Waals surface area contributed by atoms with E-state index < -0.39 is 0 Å². The lowest BCUT2D eigenvalue weighted by Crippen LogP contribution is -2.50. The highest BCUT2D eigenvalue weighted by Gasteiger charge is 2.23. The first-order chi connectivity index (χ1) is 15.1. The number of piperazine rings is 1. The molecule has 160 valence electrons. The average molecular weight is 454 g/mol. The van der Waals surface area contributed by atoms with Crippen LogP contribution < -0.4 is 14.4 Å². The normalized spacial score (nSPS) is 14.4. The number of ether oxygens (including phenoxy) is 2. The van der Waals surface area contributed by atoms with Crippen LogP contribution in [0.4, 0.5) is 5.69 Å². The van der Waals surface area contributed by atoms with E-state index in [0.717, 1.165) is 55.6 Å². The second-order valence-corrected chi connectivity index (χ2v) is 9.60. The first kappa shape index (κ1) is 20.1. The molecule has 0 N–H and O–H groups in total. The molecule has 0 bridgehead atoms. The molecule has 0 saturated carbocycles. The van der Waals surface area contributed by atoms with E-state index in [0.29, 0.717) is 13.1 Å². The molecule has 1 amide bonds. The van der Waals surface area contributed by atoms with Gasteiger partial charge in [-0.3, -0.25) is 4.79 Å². The first-order valence-corrected chi connectivity index (χ1v) is 11.9. The minimum absolute atomic E-state index is 0.0173. The molecule has 5 rings (SSSR count). The van der Waals surface area contributed by atoms with Crippen LogP contribution in [-0.2, 0) is 4.79 Å².